The Morgan fingerprint density at radius 2 is 2.28 bits per heavy atom. The summed E-state index contributed by atoms with van der Waals surface area (Å²) in [6, 6.07) is 3.94. The van der Waals surface area contributed by atoms with Gasteiger partial charge < -0.3 is 10.1 Å². The standard InChI is InChI=1S/C13H17N3OS/c1-10-12(18-9-16-10)4-5-14-8-11-3-6-15-13(7-11)17-2/h3,6-7,9,14H,4-5,8H2,1-2H3. The van der Waals surface area contributed by atoms with Crippen LogP contribution in [0.1, 0.15) is 16.1 Å². The maximum Gasteiger partial charge on any atom is 0.213 e. The van der Waals surface area contributed by atoms with Crippen LogP contribution in [0.25, 0.3) is 0 Å². The predicted octanol–water partition coefficient (Wildman–Crippen LogP) is 2.19. The molecule has 96 valence electrons. The van der Waals surface area contributed by atoms with Crippen molar-refractivity contribution in [2.45, 2.75) is 19.9 Å². The second-order valence-electron chi connectivity index (χ2n) is 3.99. The van der Waals surface area contributed by atoms with Crippen molar-refractivity contribution in [1.29, 1.82) is 0 Å². The minimum Gasteiger partial charge on any atom is -0.481 e. The number of pyridine rings is 1. The lowest BCUT2D eigenvalue weighted by Gasteiger charge is -2.05. The summed E-state index contributed by atoms with van der Waals surface area (Å²) in [5.41, 5.74) is 4.23. The Kier molecular flexibility index (Phi) is 4.66. The summed E-state index contributed by atoms with van der Waals surface area (Å²) in [4.78, 5) is 9.68. The van der Waals surface area contributed by atoms with E-state index in [9.17, 15) is 0 Å². The van der Waals surface area contributed by atoms with Crippen molar-refractivity contribution in [3.63, 3.8) is 0 Å². The van der Waals surface area contributed by atoms with Crippen molar-refractivity contribution < 1.29 is 4.74 Å². The second-order valence-corrected chi connectivity index (χ2v) is 4.93. The average Bonchev–Trinajstić information content (AvgIpc) is 2.81. The monoisotopic (exact) mass is 263 g/mol. The minimum atomic E-state index is 0.660. The smallest absolute Gasteiger partial charge is 0.213 e. The fraction of sp³-hybridized carbons (Fsp3) is 0.385. The molecule has 0 spiro atoms. The van der Waals surface area contributed by atoms with Gasteiger partial charge in [-0.05, 0) is 25.0 Å². The molecule has 0 bridgehead atoms. The summed E-state index contributed by atoms with van der Waals surface area (Å²) in [5.74, 6) is 0.660. The third kappa shape index (κ3) is 3.51. The number of nitrogens with one attached hydrogen (secondary N) is 1. The highest BCUT2D eigenvalue weighted by atomic mass is 32.1. The molecule has 0 aliphatic carbocycles. The fourth-order valence-corrected chi connectivity index (χ4v) is 2.45. The maximum atomic E-state index is 5.09. The van der Waals surface area contributed by atoms with E-state index in [-0.39, 0.29) is 0 Å². The van der Waals surface area contributed by atoms with Gasteiger partial charge in [0.05, 0.1) is 18.3 Å². The molecular weight excluding hydrogens is 246 g/mol. The molecule has 0 unspecified atom stereocenters. The van der Waals surface area contributed by atoms with Gasteiger partial charge in [-0.2, -0.15) is 0 Å². The third-order valence-electron chi connectivity index (χ3n) is 2.71. The molecule has 2 aromatic rings. The van der Waals surface area contributed by atoms with Crippen LogP contribution in [0.15, 0.2) is 23.8 Å². The first-order chi connectivity index (χ1) is 8.79. The number of methoxy groups -OCH3 is 1. The quantitative estimate of drug-likeness (QED) is 0.812. The Labute approximate surface area is 111 Å². The van der Waals surface area contributed by atoms with Crippen LogP contribution in [0.4, 0.5) is 0 Å². The predicted molar refractivity (Wildman–Crippen MR) is 73.1 cm³/mol. The van der Waals surface area contributed by atoms with Crippen molar-refractivity contribution >= 4 is 11.3 Å². The molecule has 0 aromatic carbocycles. The molecule has 2 aromatic heterocycles. The molecule has 0 atom stereocenters. The molecule has 0 saturated heterocycles. The molecule has 2 rings (SSSR count). The van der Waals surface area contributed by atoms with Gasteiger partial charge in [-0.25, -0.2) is 9.97 Å². The molecule has 0 aliphatic rings. The van der Waals surface area contributed by atoms with E-state index in [1.807, 2.05) is 17.6 Å². The third-order valence-corrected chi connectivity index (χ3v) is 3.71. The highest BCUT2D eigenvalue weighted by Crippen LogP contribution is 2.12. The van der Waals surface area contributed by atoms with Crippen LogP contribution in [-0.2, 0) is 13.0 Å². The Morgan fingerprint density at radius 1 is 1.39 bits per heavy atom. The molecule has 5 heteroatoms. The fourth-order valence-electron chi connectivity index (χ4n) is 1.67. The molecule has 0 fully saturated rings. The van der Waals surface area contributed by atoms with Gasteiger partial charge in [0.2, 0.25) is 5.88 Å². The zero-order valence-electron chi connectivity index (χ0n) is 10.6. The number of nitrogens with zero attached hydrogens (tertiary/aromatic N) is 2. The number of aromatic nitrogens is 2. The highest BCUT2D eigenvalue weighted by molar-refractivity contribution is 7.09. The number of rotatable bonds is 6. The van der Waals surface area contributed by atoms with Crippen LogP contribution in [0, 0.1) is 6.92 Å². The van der Waals surface area contributed by atoms with Gasteiger partial charge >= 0.3 is 0 Å². The van der Waals surface area contributed by atoms with Crippen molar-refractivity contribution in [2.24, 2.45) is 0 Å². The summed E-state index contributed by atoms with van der Waals surface area (Å²) in [6.07, 6.45) is 2.79. The van der Waals surface area contributed by atoms with Crippen molar-refractivity contribution in [3.8, 4) is 5.88 Å². The summed E-state index contributed by atoms with van der Waals surface area (Å²) in [6.45, 7) is 3.84. The lowest BCUT2D eigenvalue weighted by molar-refractivity contribution is 0.397. The number of thiazole rings is 1. The van der Waals surface area contributed by atoms with E-state index in [1.165, 1.54) is 10.4 Å². The number of hydrogen-bond donors (Lipinski definition) is 1. The van der Waals surface area contributed by atoms with E-state index < -0.39 is 0 Å². The first-order valence-corrected chi connectivity index (χ1v) is 6.76. The molecule has 0 radical (unpaired) electrons. The average molecular weight is 263 g/mol. The Hall–Kier alpha value is -1.46. The van der Waals surface area contributed by atoms with Gasteiger partial charge in [-0.1, -0.05) is 0 Å². The van der Waals surface area contributed by atoms with Gasteiger partial charge in [0.25, 0.3) is 0 Å². The number of aryl methyl sites for hydroxylation is 1. The lowest BCUT2D eigenvalue weighted by atomic mass is 10.2. The zero-order valence-corrected chi connectivity index (χ0v) is 11.5. The van der Waals surface area contributed by atoms with E-state index in [0.29, 0.717) is 5.88 Å². The van der Waals surface area contributed by atoms with Crippen LogP contribution in [0.2, 0.25) is 0 Å². The Morgan fingerprint density at radius 3 is 3.00 bits per heavy atom. The normalized spacial score (nSPS) is 10.6. The van der Waals surface area contributed by atoms with Crippen LogP contribution >= 0.6 is 11.3 Å². The SMILES string of the molecule is COc1cc(CNCCc2scnc2C)ccn1. The number of hydrogen-bond acceptors (Lipinski definition) is 5. The van der Waals surface area contributed by atoms with E-state index in [4.69, 9.17) is 4.74 Å². The Bertz CT molecular complexity index is 498. The molecule has 4 nitrogen and oxygen atoms in total. The molecular formula is C13H17N3OS. The Balaban J connectivity index is 1.76. The van der Waals surface area contributed by atoms with E-state index >= 15 is 0 Å². The molecule has 0 saturated carbocycles. The second kappa shape index (κ2) is 6.47. The largest absolute Gasteiger partial charge is 0.481 e. The van der Waals surface area contributed by atoms with Crippen LogP contribution < -0.4 is 10.1 Å². The molecule has 0 aliphatic heterocycles. The van der Waals surface area contributed by atoms with E-state index in [1.54, 1.807) is 24.6 Å². The van der Waals surface area contributed by atoms with Crippen LogP contribution in [0.5, 0.6) is 5.88 Å². The van der Waals surface area contributed by atoms with Gasteiger partial charge in [-0.15, -0.1) is 11.3 Å². The molecule has 0 amide bonds. The summed E-state index contributed by atoms with van der Waals surface area (Å²) in [7, 11) is 1.63. The van der Waals surface area contributed by atoms with E-state index in [0.717, 1.165) is 25.2 Å². The van der Waals surface area contributed by atoms with Crippen molar-refractivity contribution in [3.05, 3.63) is 40.0 Å². The summed E-state index contributed by atoms with van der Waals surface area (Å²) in [5, 5.41) is 3.41. The van der Waals surface area contributed by atoms with Crippen molar-refractivity contribution in [2.75, 3.05) is 13.7 Å². The lowest BCUT2D eigenvalue weighted by Crippen LogP contribution is -2.16. The summed E-state index contributed by atoms with van der Waals surface area (Å²) >= 11 is 1.72. The van der Waals surface area contributed by atoms with Gasteiger partial charge in [0.15, 0.2) is 0 Å². The minimum absolute atomic E-state index is 0.660. The van der Waals surface area contributed by atoms with Crippen LogP contribution in [0.3, 0.4) is 0 Å². The zero-order chi connectivity index (χ0) is 12.8. The molecule has 18 heavy (non-hydrogen) atoms. The first-order valence-electron chi connectivity index (χ1n) is 5.88. The van der Waals surface area contributed by atoms with Crippen LogP contribution in [-0.4, -0.2) is 23.6 Å². The maximum absolute atomic E-state index is 5.09. The van der Waals surface area contributed by atoms with Gasteiger partial charge in [0, 0.05) is 30.2 Å². The number of ether oxygens (including phenoxy) is 1. The summed E-state index contributed by atoms with van der Waals surface area (Å²) < 4.78 is 5.09. The topological polar surface area (TPSA) is 47.0 Å². The van der Waals surface area contributed by atoms with Gasteiger partial charge in [-0.3, -0.25) is 0 Å². The molecule has 1 N–H and O–H groups in total. The highest BCUT2D eigenvalue weighted by Gasteiger charge is 2.01. The van der Waals surface area contributed by atoms with E-state index in [2.05, 4.69) is 22.2 Å². The molecule has 2 heterocycles. The van der Waals surface area contributed by atoms with Gasteiger partial charge in [0.1, 0.15) is 0 Å². The first kappa shape index (κ1) is 13.0. The van der Waals surface area contributed by atoms with Crippen molar-refractivity contribution in [1.82, 2.24) is 15.3 Å².